The lowest BCUT2D eigenvalue weighted by molar-refractivity contribution is -0.137. The predicted molar refractivity (Wildman–Crippen MR) is 84.1 cm³/mol. The molecular formula is C17H11F4N3O2. The standard InChI is InChI=1S/C17H11F4N3O2/c18-11-4-9(3-10(5-11)17(19,20)21)15-7-26-16(25)24(15)12-1-2-13-14(6-12)23-8-22-13/h1-6,8,15H,7H2,(H,22,23)/t15-/m1/s1. The summed E-state index contributed by atoms with van der Waals surface area (Å²) in [6.07, 6.45) is -3.93. The first-order valence-electron chi connectivity index (χ1n) is 7.60. The summed E-state index contributed by atoms with van der Waals surface area (Å²) < 4.78 is 57.7. The molecule has 1 aromatic heterocycles. The molecule has 4 rings (SSSR count). The summed E-state index contributed by atoms with van der Waals surface area (Å²) in [5.41, 5.74) is 0.620. The van der Waals surface area contributed by atoms with Crippen LogP contribution in [-0.2, 0) is 10.9 Å². The molecule has 1 N–H and O–H groups in total. The van der Waals surface area contributed by atoms with E-state index in [1.54, 1.807) is 18.2 Å². The largest absolute Gasteiger partial charge is 0.447 e. The minimum atomic E-state index is -4.69. The lowest BCUT2D eigenvalue weighted by Crippen LogP contribution is -2.27. The molecule has 1 amide bonds. The fraction of sp³-hybridized carbons (Fsp3) is 0.176. The van der Waals surface area contributed by atoms with E-state index < -0.39 is 29.7 Å². The maximum absolute atomic E-state index is 13.7. The van der Waals surface area contributed by atoms with Gasteiger partial charge < -0.3 is 9.72 Å². The van der Waals surface area contributed by atoms with E-state index >= 15 is 0 Å². The number of imidazole rings is 1. The first-order valence-corrected chi connectivity index (χ1v) is 7.60. The number of amides is 1. The predicted octanol–water partition coefficient (Wildman–Crippen LogP) is 4.42. The van der Waals surface area contributed by atoms with Crippen molar-refractivity contribution in [1.82, 2.24) is 9.97 Å². The van der Waals surface area contributed by atoms with Gasteiger partial charge in [-0.3, -0.25) is 4.90 Å². The van der Waals surface area contributed by atoms with Crippen LogP contribution in [0, 0.1) is 5.82 Å². The van der Waals surface area contributed by atoms with E-state index in [0.717, 1.165) is 12.1 Å². The normalized spacial score (nSPS) is 17.8. The van der Waals surface area contributed by atoms with Gasteiger partial charge in [-0.25, -0.2) is 14.2 Å². The number of alkyl halides is 3. The summed E-state index contributed by atoms with van der Waals surface area (Å²) in [5.74, 6) is -1.03. The highest BCUT2D eigenvalue weighted by molar-refractivity contribution is 5.93. The zero-order valence-electron chi connectivity index (χ0n) is 13.0. The minimum Gasteiger partial charge on any atom is -0.447 e. The van der Waals surface area contributed by atoms with Gasteiger partial charge in [0.1, 0.15) is 12.4 Å². The molecule has 1 aliphatic rings. The molecule has 26 heavy (non-hydrogen) atoms. The van der Waals surface area contributed by atoms with Crippen molar-refractivity contribution in [3.63, 3.8) is 0 Å². The molecule has 9 heteroatoms. The Bertz CT molecular complexity index is 999. The maximum atomic E-state index is 13.7. The van der Waals surface area contributed by atoms with Crippen LogP contribution >= 0.6 is 0 Å². The van der Waals surface area contributed by atoms with Gasteiger partial charge in [0.05, 0.1) is 34.7 Å². The molecule has 0 saturated carbocycles. The van der Waals surface area contributed by atoms with E-state index in [9.17, 15) is 22.4 Å². The number of carbonyl (C=O) groups excluding carboxylic acids is 1. The Morgan fingerprint density at radius 2 is 2.00 bits per heavy atom. The van der Waals surface area contributed by atoms with E-state index in [1.165, 1.54) is 11.2 Å². The van der Waals surface area contributed by atoms with Gasteiger partial charge in [-0.05, 0) is 42.0 Å². The Balaban J connectivity index is 1.78. The van der Waals surface area contributed by atoms with Crippen molar-refractivity contribution < 1.29 is 27.1 Å². The van der Waals surface area contributed by atoms with Crippen molar-refractivity contribution in [1.29, 1.82) is 0 Å². The van der Waals surface area contributed by atoms with E-state index in [4.69, 9.17) is 4.74 Å². The molecule has 3 aromatic rings. The monoisotopic (exact) mass is 365 g/mol. The van der Waals surface area contributed by atoms with Gasteiger partial charge >= 0.3 is 12.3 Å². The first-order chi connectivity index (χ1) is 12.3. The minimum absolute atomic E-state index is 0.00730. The van der Waals surface area contributed by atoms with Crippen LogP contribution in [-0.4, -0.2) is 22.7 Å². The molecular weight excluding hydrogens is 354 g/mol. The zero-order chi connectivity index (χ0) is 18.5. The van der Waals surface area contributed by atoms with Crippen LogP contribution in [0.4, 0.5) is 28.0 Å². The zero-order valence-corrected chi connectivity index (χ0v) is 13.0. The van der Waals surface area contributed by atoms with Gasteiger partial charge in [0, 0.05) is 0 Å². The number of nitrogens with one attached hydrogen (secondary N) is 1. The second-order valence-electron chi connectivity index (χ2n) is 5.84. The third-order valence-electron chi connectivity index (χ3n) is 4.19. The summed E-state index contributed by atoms with van der Waals surface area (Å²) in [7, 11) is 0. The molecule has 0 radical (unpaired) electrons. The van der Waals surface area contributed by atoms with Crippen molar-refractivity contribution >= 4 is 22.8 Å². The smallest absolute Gasteiger partial charge is 0.416 e. The quantitative estimate of drug-likeness (QED) is 0.684. The maximum Gasteiger partial charge on any atom is 0.416 e. The molecule has 1 fully saturated rings. The summed E-state index contributed by atoms with van der Waals surface area (Å²) in [6.45, 7) is -0.180. The second kappa shape index (κ2) is 5.72. The summed E-state index contributed by atoms with van der Waals surface area (Å²) >= 11 is 0. The molecule has 1 saturated heterocycles. The molecule has 0 bridgehead atoms. The number of hydrogen-bond donors (Lipinski definition) is 1. The fourth-order valence-corrected chi connectivity index (χ4v) is 2.99. The number of rotatable bonds is 2. The van der Waals surface area contributed by atoms with Gasteiger partial charge in [-0.1, -0.05) is 0 Å². The Morgan fingerprint density at radius 1 is 1.19 bits per heavy atom. The van der Waals surface area contributed by atoms with Gasteiger partial charge in [0.2, 0.25) is 0 Å². The van der Waals surface area contributed by atoms with Crippen LogP contribution in [0.25, 0.3) is 11.0 Å². The van der Waals surface area contributed by atoms with Gasteiger partial charge in [0.25, 0.3) is 0 Å². The highest BCUT2D eigenvalue weighted by Gasteiger charge is 2.38. The number of anilines is 1. The summed E-state index contributed by atoms with van der Waals surface area (Å²) in [5, 5.41) is 0. The molecule has 1 aliphatic heterocycles. The van der Waals surface area contributed by atoms with E-state index in [-0.39, 0.29) is 12.2 Å². The van der Waals surface area contributed by atoms with E-state index in [0.29, 0.717) is 22.8 Å². The van der Waals surface area contributed by atoms with Crippen LogP contribution < -0.4 is 4.90 Å². The van der Waals surface area contributed by atoms with Crippen molar-refractivity contribution in [3.05, 3.63) is 59.7 Å². The number of aromatic nitrogens is 2. The molecule has 0 spiro atoms. The fourth-order valence-electron chi connectivity index (χ4n) is 2.99. The van der Waals surface area contributed by atoms with E-state index in [1.807, 2.05) is 0 Å². The van der Waals surface area contributed by atoms with Crippen LogP contribution in [0.15, 0.2) is 42.7 Å². The second-order valence-corrected chi connectivity index (χ2v) is 5.84. The molecule has 1 atom stereocenters. The Kier molecular flexibility index (Phi) is 3.60. The Hall–Kier alpha value is -3.10. The SMILES string of the molecule is O=C1OC[C@H](c2cc(F)cc(C(F)(F)F)c2)N1c1ccc2nc[nH]c2c1. The molecule has 134 valence electrons. The average Bonchev–Trinajstić information content (AvgIpc) is 3.18. The highest BCUT2D eigenvalue weighted by Crippen LogP contribution is 2.37. The number of halogens is 4. The number of hydrogen-bond acceptors (Lipinski definition) is 3. The summed E-state index contributed by atoms with van der Waals surface area (Å²) in [4.78, 5) is 20.3. The number of ether oxygens (including phenoxy) is 1. The van der Waals surface area contributed by atoms with Crippen molar-refractivity contribution in [3.8, 4) is 0 Å². The molecule has 0 aliphatic carbocycles. The van der Waals surface area contributed by atoms with Gasteiger partial charge in [0.15, 0.2) is 0 Å². The van der Waals surface area contributed by atoms with Crippen molar-refractivity contribution in [2.24, 2.45) is 0 Å². The third-order valence-corrected chi connectivity index (χ3v) is 4.19. The van der Waals surface area contributed by atoms with Gasteiger partial charge in [-0.15, -0.1) is 0 Å². The number of aromatic amines is 1. The number of nitrogens with zero attached hydrogens (tertiary/aromatic N) is 2. The molecule has 5 nitrogen and oxygen atoms in total. The van der Waals surface area contributed by atoms with E-state index in [2.05, 4.69) is 9.97 Å². The average molecular weight is 365 g/mol. The molecule has 2 heterocycles. The highest BCUT2D eigenvalue weighted by atomic mass is 19.4. The first kappa shape index (κ1) is 16.4. The lowest BCUT2D eigenvalue weighted by atomic mass is 10.0. The van der Waals surface area contributed by atoms with Crippen molar-refractivity contribution in [2.45, 2.75) is 12.2 Å². The Morgan fingerprint density at radius 3 is 2.77 bits per heavy atom. The van der Waals surface area contributed by atoms with Crippen LogP contribution in [0.2, 0.25) is 0 Å². The number of fused-ring (bicyclic) bond motifs is 1. The van der Waals surface area contributed by atoms with Gasteiger partial charge in [-0.2, -0.15) is 13.2 Å². The lowest BCUT2D eigenvalue weighted by Gasteiger charge is -2.22. The summed E-state index contributed by atoms with van der Waals surface area (Å²) in [6, 6.07) is 6.25. The van der Waals surface area contributed by atoms with Crippen LogP contribution in [0.1, 0.15) is 17.2 Å². The Labute approximate surface area is 144 Å². The number of carbonyl (C=O) groups is 1. The van der Waals surface area contributed by atoms with Crippen molar-refractivity contribution in [2.75, 3.05) is 11.5 Å². The molecule has 0 unspecified atom stereocenters. The number of cyclic esters (lactones) is 1. The third kappa shape index (κ3) is 2.75. The number of H-pyrrole nitrogens is 1. The topological polar surface area (TPSA) is 58.2 Å². The number of benzene rings is 2. The van der Waals surface area contributed by atoms with Crippen LogP contribution in [0.5, 0.6) is 0 Å². The van der Waals surface area contributed by atoms with Crippen LogP contribution in [0.3, 0.4) is 0 Å². The molecule has 2 aromatic carbocycles.